The van der Waals surface area contributed by atoms with E-state index in [1.165, 1.54) is 30.5 Å². The van der Waals surface area contributed by atoms with E-state index in [1.807, 2.05) is 18.2 Å². The van der Waals surface area contributed by atoms with Crippen molar-refractivity contribution >= 4 is 17.3 Å². The van der Waals surface area contributed by atoms with Crippen LogP contribution in [0.4, 0.5) is 5.69 Å². The van der Waals surface area contributed by atoms with E-state index >= 15 is 0 Å². The van der Waals surface area contributed by atoms with Gasteiger partial charge in [-0.15, -0.1) is 0 Å². The Bertz CT molecular complexity index is 332. The fourth-order valence-corrected chi connectivity index (χ4v) is 2.31. The highest BCUT2D eigenvalue weighted by molar-refractivity contribution is 6.30. The molecule has 0 atom stereocenters. The Balaban J connectivity index is 2.27. The van der Waals surface area contributed by atoms with Crippen molar-refractivity contribution < 1.29 is 0 Å². The molecule has 1 heterocycles. The average molecular weight is 225 g/mol. The maximum atomic E-state index is 6.03. The van der Waals surface area contributed by atoms with E-state index in [9.17, 15) is 0 Å². The van der Waals surface area contributed by atoms with Crippen molar-refractivity contribution in [2.45, 2.75) is 25.8 Å². The van der Waals surface area contributed by atoms with Crippen LogP contribution in [0.25, 0.3) is 0 Å². The SMILES string of the molecule is NCc1ccc(Cl)cc1N1CCCCC1. The monoisotopic (exact) mass is 224 g/mol. The minimum absolute atomic E-state index is 0.586. The van der Waals surface area contributed by atoms with Crippen LogP contribution in [-0.2, 0) is 6.54 Å². The number of nitrogens with two attached hydrogens (primary N) is 1. The summed E-state index contributed by atoms with van der Waals surface area (Å²) in [6.45, 7) is 2.85. The number of rotatable bonds is 2. The van der Waals surface area contributed by atoms with Gasteiger partial charge in [0.15, 0.2) is 0 Å². The lowest BCUT2D eigenvalue weighted by molar-refractivity contribution is 0.576. The van der Waals surface area contributed by atoms with Crippen LogP contribution in [0.5, 0.6) is 0 Å². The average Bonchev–Trinajstić information content (AvgIpc) is 2.30. The number of nitrogens with zero attached hydrogens (tertiary/aromatic N) is 1. The van der Waals surface area contributed by atoms with Crippen LogP contribution < -0.4 is 10.6 Å². The molecule has 0 radical (unpaired) electrons. The van der Waals surface area contributed by atoms with E-state index < -0.39 is 0 Å². The Hall–Kier alpha value is -0.730. The molecule has 3 heteroatoms. The van der Waals surface area contributed by atoms with Gasteiger partial charge in [-0.2, -0.15) is 0 Å². The number of piperidine rings is 1. The van der Waals surface area contributed by atoms with Gasteiger partial charge in [-0.3, -0.25) is 0 Å². The zero-order chi connectivity index (χ0) is 10.7. The van der Waals surface area contributed by atoms with E-state index in [-0.39, 0.29) is 0 Å². The first-order valence-corrected chi connectivity index (χ1v) is 5.92. The molecule has 1 aliphatic rings. The quantitative estimate of drug-likeness (QED) is 0.837. The second-order valence-corrected chi connectivity index (χ2v) is 4.46. The largest absolute Gasteiger partial charge is 0.371 e. The van der Waals surface area contributed by atoms with Crippen LogP contribution in [0.15, 0.2) is 18.2 Å². The van der Waals surface area contributed by atoms with E-state index in [1.54, 1.807) is 0 Å². The lowest BCUT2D eigenvalue weighted by Crippen LogP contribution is -2.30. The smallest absolute Gasteiger partial charge is 0.0426 e. The highest BCUT2D eigenvalue weighted by Crippen LogP contribution is 2.27. The number of hydrogen-bond donors (Lipinski definition) is 1. The highest BCUT2D eigenvalue weighted by atomic mass is 35.5. The minimum atomic E-state index is 0.586. The molecule has 2 rings (SSSR count). The Labute approximate surface area is 96.0 Å². The van der Waals surface area contributed by atoms with Crippen LogP contribution in [0.3, 0.4) is 0 Å². The zero-order valence-electron chi connectivity index (χ0n) is 8.88. The van der Waals surface area contributed by atoms with Gasteiger partial charge in [0, 0.05) is 30.3 Å². The molecule has 0 saturated carbocycles. The van der Waals surface area contributed by atoms with Crippen LogP contribution >= 0.6 is 11.6 Å². The fraction of sp³-hybridized carbons (Fsp3) is 0.500. The summed E-state index contributed by atoms with van der Waals surface area (Å²) in [7, 11) is 0. The summed E-state index contributed by atoms with van der Waals surface area (Å²) in [4.78, 5) is 2.40. The topological polar surface area (TPSA) is 29.3 Å². The molecule has 2 nitrogen and oxygen atoms in total. The summed E-state index contributed by atoms with van der Waals surface area (Å²) in [6.07, 6.45) is 3.89. The highest BCUT2D eigenvalue weighted by Gasteiger charge is 2.13. The first-order chi connectivity index (χ1) is 7.31. The molecule has 1 aliphatic heterocycles. The molecule has 1 aromatic carbocycles. The molecule has 1 aromatic rings. The molecule has 2 N–H and O–H groups in total. The van der Waals surface area contributed by atoms with Crippen LogP contribution in [0.1, 0.15) is 24.8 Å². The standard InChI is InChI=1S/C12H17ClN2/c13-11-5-4-10(9-14)12(8-11)15-6-2-1-3-7-15/h4-5,8H,1-3,6-7,9,14H2. The first-order valence-electron chi connectivity index (χ1n) is 5.54. The molecular weight excluding hydrogens is 208 g/mol. The molecule has 1 fully saturated rings. The van der Waals surface area contributed by atoms with Gasteiger partial charge >= 0.3 is 0 Å². The van der Waals surface area contributed by atoms with Crippen molar-refractivity contribution in [2.75, 3.05) is 18.0 Å². The molecule has 0 amide bonds. The number of anilines is 1. The fourth-order valence-electron chi connectivity index (χ4n) is 2.14. The third kappa shape index (κ3) is 2.44. The maximum Gasteiger partial charge on any atom is 0.0426 e. The third-order valence-corrected chi connectivity index (χ3v) is 3.20. The molecule has 0 aliphatic carbocycles. The molecule has 0 aromatic heterocycles. The number of hydrogen-bond acceptors (Lipinski definition) is 2. The lowest BCUT2D eigenvalue weighted by atomic mass is 10.1. The van der Waals surface area contributed by atoms with Gasteiger partial charge in [0.25, 0.3) is 0 Å². The summed E-state index contributed by atoms with van der Waals surface area (Å²) >= 11 is 6.03. The van der Waals surface area contributed by atoms with Gasteiger partial charge in [0.1, 0.15) is 0 Å². The number of halogens is 1. The minimum Gasteiger partial charge on any atom is -0.371 e. The van der Waals surface area contributed by atoms with Crippen molar-refractivity contribution in [1.82, 2.24) is 0 Å². The van der Waals surface area contributed by atoms with Crippen molar-refractivity contribution in [3.8, 4) is 0 Å². The van der Waals surface area contributed by atoms with E-state index in [0.29, 0.717) is 6.54 Å². The van der Waals surface area contributed by atoms with E-state index in [0.717, 1.165) is 18.1 Å². The first kappa shape index (κ1) is 10.8. The zero-order valence-corrected chi connectivity index (χ0v) is 9.63. The molecule has 0 bridgehead atoms. The molecule has 15 heavy (non-hydrogen) atoms. The Morgan fingerprint density at radius 3 is 2.60 bits per heavy atom. The Morgan fingerprint density at radius 1 is 1.20 bits per heavy atom. The molecule has 0 unspecified atom stereocenters. The van der Waals surface area contributed by atoms with Crippen molar-refractivity contribution in [3.05, 3.63) is 28.8 Å². The van der Waals surface area contributed by atoms with Gasteiger partial charge in [0.05, 0.1) is 0 Å². The predicted molar refractivity (Wildman–Crippen MR) is 65.4 cm³/mol. The summed E-state index contributed by atoms with van der Waals surface area (Å²) in [6, 6.07) is 5.98. The predicted octanol–water partition coefficient (Wildman–Crippen LogP) is 2.79. The molecular formula is C12H17ClN2. The Kier molecular flexibility index (Phi) is 3.49. The lowest BCUT2D eigenvalue weighted by Gasteiger charge is -2.30. The molecule has 1 saturated heterocycles. The van der Waals surface area contributed by atoms with Crippen molar-refractivity contribution in [3.63, 3.8) is 0 Å². The Morgan fingerprint density at radius 2 is 1.93 bits per heavy atom. The van der Waals surface area contributed by atoms with Crippen LogP contribution in [-0.4, -0.2) is 13.1 Å². The van der Waals surface area contributed by atoms with Crippen LogP contribution in [0, 0.1) is 0 Å². The van der Waals surface area contributed by atoms with Gasteiger partial charge in [0.2, 0.25) is 0 Å². The van der Waals surface area contributed by atoms with Gasteiger partial charge in [-0.1, -0.05) is 17.7 Å². The summed E-state index contributed by atoms with van der Waals surface area (Å²) in [5, 5.41) is 0.799. The maximum absolute atomic E-state index is 6.03. The van der Waals surface area contributed by atoms with Gasteiger partial charge in [-0.25, -0.2) is 0 Å². The van der Waals surface area contributed by atoms with Crippen LogP contribution in [0.2, 0.25) is 5.02 Å². The van der Waals surface area contributed by atoms with E-state index in [4.69, 9.17) is 17.3 Å². The summed E-state index contributed by atoms with van der Waals surface area (Å²) in [5.74, 6) is 0. The van der Waals surface area contributed by atoms with E-state index in [2.05, 4.69) is 4.90 Å². The second kappa shape index (κ2) is 4.86. The number of benzene rings is 1. The second-order valence-electron chi connectivity index (χ2n) is 4.02. The molecule has 82 valence electrons. The van der Waals surface area contributed by atoms with Gasteiger partial charge < -0.3 is 10.6 Å². The van der Waals surface area contributed by atoms with Gasteiger partial charge in [-0.05, 0) is 37.0 Å². The normalized spacial score (nSPS) is 16.8. The van der Waals surface area contributed by atoms with Crippen molar-refractivity contribution in [1.29, 1.82) is 0 Å². The molecule has 0 spiro atoms. The summed E-state index contributed by atoms with van der Waals surface area (Å²) < 4.78 is 0. The third-order valence-electron chi connectivity index (χ3n) is 2.96. The van der Waals surface area contributed by atoms with Crippen molar-refractivity contribution in [2.24, 2.45) is 5.73 Å². The summed E-state index contributed by atoms with van der Waals surface area (Å²) in [5.41, 5.74) is 8.16.